The third-order valence-electron chi connectivity index (χ3n) is 1.67. The van der Waals surface area contributed by atoms with Crippen LogP contribution in [0.2, 0.25) is 0 Å². The van der Waals surface area contributed by atoms with E-state index in [-0.39, 0.29) is 0 Å². The number of aliphatic hydroxyl groups excluding tert-OH is 1. The van der Waals surface area contributed by atoms with Gasteiger partial charge < -0.3 is 10.4 Å². The second-order valence-electron chi connectivity index (χ2n) is 2.49. The van der Waals surface area contributed by atoms with Crippen molar-refractivity contribution in [3.63, 3.8) is 0 Å². The van der Waals surface area contributed by atoms with E-state index >= 15 is 0 Å². The van der Waals surface area contributed by atoms with E-state index in [1.807, 2.05) is 0 Å². The zero-order chi connectivity index (χ0) is 6.53. The van der Waals surface area contributed by atoms with E-state index in [1.165, 1.54) is 12.8 Å². The molecule has 0 heterocycles. The molecule has 0 bridgehead atoms. The minimum absolute atomic E-state index is 0.309. The fraction of sp³-hybridized carbons (Fsp3) is 0.857. The molecule has 53 valence electrons. The Balaban J connectivity index is 1.80. The molecule has 0 aromatic rings. The van der Waals surface area contributed by atoms with Crippen LogP contribution < -0.4 is 5.32 Å². The fourth-order valence-corrected chi connectivity index (χ4v) is 0.885. The van der Waals surface area contributed by atoms with E-state index < -0.39 is 0 Å². The standard InChI is InChI=1S/C7H14NO/c9-6-2-5-8-7-3-1-4-7/h1,7-9H,2-6H2. The maximum atomic E-state index is 8.42. The molecule has 0 saturated heterocycles. The summed E-state index contributed by atoms with van der Waals surface area (Å²) in [7, 11) is 0. The van der Waals surface area contributed by atoms with Crippen LogP contribution in [0, 0.1) is 6.42 Å². The Kier molecular flexibility index (Phi) is 3.01. The summed E-state index contributed by atoms with van der Waals surface area (Å²) < 4.78 is 0. The van der Waals surface area contributed by atoms with Crippen LogP contribution in [0.15, 0.2) is 0 Å². The van der Waals surface area contributed by atoms with Crippen molar-refractivity contribution in [2.45, 2.75) is 25.3 Å². The molecule has 1 fully saturated rings. The normalized spacial score (nSPS) is 19.7. The Morgan fingerprint density at radius 2 is 2.33 bits per heavy atom. The molecule has 2 nitrogen and oxygen atoms in total. The molecule has 0 aromatic carbocycles. The van der Waals surface area contributed by atoms with Gasteiger partial charge in [-0.25, -0.2) is 0 Å². The van der Waals surface area contributed by atoms with Gasteiger partial charge in [0, 0.05) is 12.6 Å². The summed E-state index contributed by atoms with van der Waals surface area (Å²) in [4.78, 5) is 0. The Bertz CT molecular complexity index is 71.3. The van der Waals surface area contributed by atoms with Crippen LogP contribution >= 0.6 is 0 Å². The van der Waals surface area contributed by atoms with E-state index in [0.717, 1.165) is 19.0 Å². The van der Waals surface area contributed by atoms with Gasteiger partial charge in [-0.3, -0.25) is 0 Å². The van der Waals surface area contributed by atoms with E-state index in [9.17, 15) is 0 Å². The first-order valence-electron chi connectivity index (χ1n) is 3.59. The van der Waals surface area contributed by atoms with Crippen LogP contribution in [0.25, 0.3) is 0 Å². The minimum atomic E-state index is 0.309. The fourth-order valence-electron chi connectivity index (χ4n) is 0.885. The molecular formula is C7H14NO. The highest BCUT2D eigenvalue weighted by molar-refractivity contribution is 4.90. The van der Waals surface area contributed by atoms with Gasteiger partial charge in [0.05, 0.1) is 0 Å². The van der Waals surface area contributed by atoms with Crippen molar-refractivity contribution >= 4 is 0 Å². The van der Waals surface area contributed by atoms with E-state index in [4.69, 9.17) is 5.11 Å². The molecule has 2 N–H and O–H groups in total. The van der Waals surface area contributed by atoms with Crippen molar-refractivity contribution in [3.8, 4) is 0 Å². The van der Waals surface area contributed by atoms with Crippen molar-refractivity contribution in [1.29, 1.82) is 0 Å². The van der Waals surface area contributed by atoms with Crippen LogP contribution in [0.1, 0.15) is 19.3 Å². The van der Waals surface area contributed by atoms with Crippen molar-refractivity contribution in [2.75, 3.05) is 13.2 Å². The third-order valence-corrected chi connectivity index (χ3v) is 1.67. The number of nitrogens with one attached hydrogen (secondary N) is 1. The maximum Gasteiger partial charge on any atom is 0.0443 e. The molecule has 2 heteroatoms. The Morgan fingerprint density at radius 3 is 2.78 bits per heavy atom. The highest BCUT2D eigenvalue weighted by Gasteiger charge is 2.15. The third kappa shape index (κ3) is 2.33. The number of hydrogen-bond donors (Lipinski definition) is 2. The van der Waals surface area contributed by atoms with E-state index in [0.29, 0.717) is 6.61 Å². The van der Waals surface area contributed by atoms with Crippen molar-refractivity contribution < 1.29 is 5.11 Å². The highest BCUT2D eigenvalue weighted by Crippen LogP contribution is 2.16. The lowest BCUT2D eigenvalue weighted by molar-refractivity contribution is 0.279. The summed E-state index contributed by atoms with van der Waals surface area (Å²) in [6.45, 7) is 1.28. The van der Waals surface area contributed by atoms with Crippen LogP contribution in [-0.2, 0) is 0 Å². The lowest BCUT2D eigenvalue weighted by Crippen LogP contribution is -2.36. The lowest BCUT2D eigenvalue weighted by atomic mass is 9.93. The second-order valence-corrected chi connectivity index (χ2v) is 2.49. The summed E-state index contributed by atoms with van der Waals surface area (Å²) in [6.07, 6.45) is 5.59. The van der Waals surface area contributed by atoms with E-state index in [2.05, 4.69) is 11.7 Å². The average molecular weight is 128 g/mol. The SMILES string of the molecule is OCCCNC1C[CH]C1. The molecule has 0 amide bonds. The van der Waals surface area contributed by atoms with Gasteiger partial charge in [-0.15, -0.1) is 0 Å². The Labute approximate surface area is 56.3 Å². The second kappa shape index (κ2) is 3.85. The first kappa shape index (κ1) is 7.03. The van der Waals surface area contributed by atoms with Gasteiger partial charge in [0.2, 0.25) is 0 Å². The molecule has 1 radical (unpaired) electrons. The van der Waals surface area contributed by atoms with E-state index in [1.54, 1.807) is 0 Å². The molecule has 9 heavy (non-hydrogen) atoms. The van der Waals surface area contributed by atoms with Crippen molar-refractivity contribution in [3.05, 3.63) is 6.42 Å². The van der Waals surface area contributed by atoms with Crippen molar-refractivity contribution in [1.82, 2.24) is 5.32 Å². The summed E-state index contributed by atoms with van der Waals surface area (Å²) in [5.41, 5.74) is 0. The molecular weight excluding hydrogens is 114 g/mol. The molecule has 0 aliphatic heterocycles. The van der Waals surface area contributed by atoms with Crippen LogP contribution in [0.4, 0.5) is 0 Å². The molecule has 1 rings (SSSR count). The zero-order valence-electron chi connectivity index (χ0n) is 5.64. The van der Waals surface area contributed by atoms with Gasteiger partial charge in [0.25, 0.3) is 0 Å². The molecule has 0 unspecified atom stereocenters. The van der Waals surface area contributed by atoms with Gasteiger partial charge >= 0.3 is 0 Å². The smallest absolute Gasteiger partial charge is 0.0443 e. The van der Waals surface area contributed by atoms with Crippen molar-refractivity contribution in [2.24, 2.45) is 0 Å². The maximum absolute atomic E-state index is 8.42. The molecule has 1 saturated carbocycles. The lowest BCUT2D eigenvalue weighted by Gasteiger charge is -2.25. The van der Waals surface area contributed by atoms with Crippen LogP contribution in [0.5, 0.6) is 0 Å². The molecule has 1 aliphatic rings. The minimum Gasteiger partial charge on any atom is -0.396 e. The number of aliphatic hydroxyl groups is 1. The van der Waals surface area contributed by atoms with Crippen LogP contribution in [0.3, 0.4) is 0 Å². The first-order chi connectivity index (χ1) is 4.43. The van der Waals surface area contributed by atoms with Gasteiger partial charge in [0.15, 0.2) is 0 Å². The molecule has 1 aliphatic carbocycles. The topological polar surface area (TPSA) is 32.3 Å². The van der Waals surface area contributed by atoms with Gasteiger partial charge in [0.1, 0.15) is 0 Å². The Morgan fingerprint density at radius 1 is 1.56 bits per heavy atom. The zero-order valence-corrected chi connectivity index (χ0v) is 5.64. The predicted molar refractivity (Wildman–Crippen MR) is 37.0 cm³/mol. The number of hydrogen-bond acceptors (Lipinski definition) is 2. The van der Waals surface area contributed by atoms with Gasteiger partial charge in [-0.2, -0.15) is 0 Å². The Hall–Kier alpha value is -0.0800. The quantitative estimate of drug-likeness (QED) is 0.535. The molecule has 0 atom stereocenters. The summed E-state index contributed by atoms with van der Waals surface area (Å²) in [5, 5.41) is 11.8. The largest absolute Gasteiger partial charge is 0.396 e. The first-order valence-corrected chi connectivity index (χ1v) is 3.59. The van der Waals surface area contributed by atoms with Crippen LogP contribution in [-0.4, -0.2) is 24.3 Å². The summed E-state index contributed by atoms with van der Waals surface area (Å²) in [5.74, 6) is 0. The molecule has 0 aromatic heterocycles. The monoisotopic (exact) mass is 128 g/mol. The number of rotatable bonds is 4. The summed E-state index contributed by atoms with van der Waals surface area (Å²) in [6, 6.07) is 0.719. The molecule has 0 spiro atoms. The predicted octanol–water partition coefficient (Wildman–Crippen LogP) is 0.325. The van der Waals surface area contributed by atoms with Gasteiger partial charge in [-0.05, 0) is 32.2 Å². The van der Waals surface area contributed by atoms with Gasteiger partial charge in [-0.1, -0.05) is 0 Å². The summed E-state index contributed by atoms with van der Waals surface area (Å²) >= 11 is 0. The average Bonchev–Trinajstić information content (AvgIpc) is 1.76. The highest BCUT2D eigenvalue weighted by atomic mass is 16.3.